The third kappa shape index (κ3) is 3.00. The number of ketones is 1. The van der Waals surface area contributed by atoms with Gasteiger partial charge in [0.15, 0.2) is 15.6 Å². The second kappa shape index (κ2) is 5.26. The summed E-state index contributed by atoms with van der Waals surface area (Å²) in [6.07, 6.45) is 1.11. The standard InChI is InChI=1S/C14H12ClNO3S/c1-20(18,19)11-5-2-9(3-6-11)14(17)12-8-10(15)4-7-13(12)16/h2-8H,16H2,1H3. The van der Waals surface area contributed by atoms with Gasteiger partial charge in [0.25, 0.3) is 0 Å². The van der Waals surface area contributed by atoms with E-state index in [1.165, 1.54) is 30.3 Å². The summed E-state index contributed by atoms with van der Waals surface area (Å²) in [5.74, 6) is -0.301. The molecule has 0 heterocycles. The second-order valence-corrected chi connectivity index (χ2v) is 6.81. The summed E-state index contributed by atoms with van der Waals surface area (Å²) < 4.78 is 22.7. The molecule has 0 aliphatic heterocycles. The molecule has 0 amide bonds. The SMILES string of the molecule is CS(=O)(=O)c1ccc(C(=O)c2cc(Cl)ccc2N)cc1. The summed E-state index contributed by atoms with van der Waals surface area (Å²) >= 11 is 5.85. The van der Waals surface area contributed by atoms with Gasteiger partial charge in [0.05, 0.1) is 4.90 Å². The van der Waals surface area contributed by atoms with Crippen LogP contribution in [0.4, 0.5) is 5.69 Å². The molecule has 0 bridgehead atoms. The Kier molecular flexibility index (Phi) is 3.83. The van der Waals surface area contributed by atoms with Gasteiger partial charge in [-0.2, -0.15) is 0 Å². The van der Waals surface area contributed by atoms with E-state index < -0.39 is 9.84 Å². The van der Waals surface area contributed by atoms with E-state index in [2.05, 4.69) is 0 Å². The zero-order valence-electron chi connectivity index (χ0n) is 10.6. The lowest BCUT2D eigenvalue weighted by molar-refractivity contribution is 0.103. The molecule has 0 atom stereocenters. The molecule has 0 spiro atoms. The molecule has 2 rings (SSSR count). The Hall–Kier alpha value is -1.85. The largest absolute Gasteiger partial charge is 0.398 e. The van der Waals surface area contributed by atoms with Gasteiger partial charge in [0.2, 0.25) is 0 Å². The average Bonchev–Trinajstić information content (AvgIpc) is 2.40. The van der Waals surface area contributed by atoms with Crippen molar-refractivity contribution in [1.29, 1.82) is 0 Å². The fourth-order valence-electron chi connectivity index (χ4n) is 1.73. The smallest absolute Gasteiger partial charge is 0.195 e. The molecule has 104 valence electrons. The number of nitrogens with two attached hydrogens (primary N) is 1. The Bertz CT molecular complexity index is 768. The highest BCUT2D eigenvalue weighted by molar-refractivity contribution is 7.90. The molecule has 0 saturated heterocycles. The Balaban J connectivity index is 2.42. The number of benzene rings is 2. The van der Waals surface area contributed by atoms with E-state index >= 15 is 0 Å². The quantitative estimate of drug-likeness (QED) is 0.698. The lowest BCUT2D eigenvalue weighted by atomic mass is 10.0. The van der Waals surface area contributed by atoms with Gasteiger partial charge in [-0.1, -0.05) is 11.6 Å². The van der Waals surface area contributed by atoms with Crippen LogP contribution in [0.2, 0.25) is 5.02 Å². The van der Waals surface area contributed by atoms with Crippen LogP contribution in [-0.2, 0) is 9.84 Å². The van der Waals surface area contributed by atoms with Crippen LogP contribution in [0.5, 0.6) is 0 Å². The number of anilines is 1. The van der Waals surface area contributed by atoms with Gasteiger partial charge in [0.1, 0.15) is 0 Å². The predicted octanol–water partition coefficient (Wildman–Crippen LogP) is 2.56. The summed E-state index contributed by atoms with van der Waals surface area (Å²) in [7, 11) is -3.28. The van der Waals surface area contributed by atoms with Crippen molar-refractivity contribution in [2.24, 2.45) is 0 Å². The van der Waals surface area contributed by atoms with Gasteiger partial charge >= 0.3 is 0 Å². The third-order valence-electron chi connectivity index (χ3n) is 2.80. The molecule has 2 aromatic carbocycles. The first-order chi connectivity index (χ1) is 9.29. The highest BCUT2D eigenvalue weighted by Gasteiger charge is 2.14. The molecule has 0 aliphatic carbocycles. The fourth-order valence-corrected chi connectivity index (χ4v) is 2.54. The summed E-state index contributed by atoms with van der Waals surface area (Å²) in [6.45, 7) is 0. The predicted molar refractivity (Wildman–Crippen MR) is 78.8 cm³/mol. The molecule has 0 aliphatic rings. The molecular weight excluding hydrogens is 298 g/mol. The average molecular weight is 310 g/mol. The maximum absolute atomic E-state index is 12.3. The van der Waals surface area contributed by atoms with Crippen molar-refractivity contribution in [3.63, 3.8) is 0 Å². The summed E-state index contributed by atoms with van der Waals surface area (Å²) in [5, 5.41) is 0.412. The molecule has 0 fully saturated rings. The van der Waals surface area contributed by atoms with Gasteiger partial charge in [-0.15, -0.1) is 0 Å². The maximum Gasteiger partial charge on any atom is 0.195 e. The van der Waals surface area contributed by atoms with Gasteiger partial charge in [-0.05, 0) is 42.5 Å². The van der Waals surface area contributed by atoms with E-state index in [1.807, 2.05) is 0 Å². The lowest BCUT2D eigenvalue weighted by Crippen LogP contribution is -2.06. The summed E-state index contributed by atoms with van der Waals surface area (Å²) in [5.41, 5.74) is 6.73. The van der Waals surface area contributed by atoms with Crippen LogP contribution in [-0.4, -0.2) is 20.5 Å². The van der Waals surface area contributed by atoms with Crippen LogP contribution in [0.15, 0.2) is 47.4 Å². The van der Waals surface area contributed by atoms with Gasteiger partial charge < -0.3 is 5.73 Å². The van der Waals surface area contributed by atoms with E-state index in [9.17, 15) is 13.2 Å². The van der Waals surface area contributed by atoms with Crippen LogP contribution in [0, 0.1) is 0 Å². The number of nitrogen functional groups attached to an aromatic ring is 1. The molecule has 0 saturated carbocycles. The van der Waals surface area contributed by atoms with E-state index in [4.69, 9.17) is 17.3 Å². The third-order valence-corrected chi connectivity index (χ3v) is 4.17. The van der Waals surface area contributed by atoms with Crippen molar-refractivity contribution in [2.45, 2.75) is 4.90 Å². The molecule has 0 radical (unpaired) electrons. The number of sulfone groups is 1. The summed E-state index contributed by atoms with van der Waals surface area (Å²) in [6, 6.07) is 10.3. The highest BCUT2D eigenvalue weighted by Crippen LogP contribution is 2.22. The Morgan fingerprint density at radius 1 is 1.10 bits per heavy atom. The Morgan fingerprint density at radius 2 is 1.70 bits per heavy atom. The van der Waals surface area contributed by atoms with Crippen molar-refractivity contribution in [3.8, 4) is 0 Å². The van der Waals surface area contributed by atoms with Crippen molar-refractivity contribution in [2.75, 3.05) is 12.0 Å². The first-order valence-electron chi connectivity index (χ1n) is 5.69. The van der Waals surface area contributed by atoms with Gasteiger partial charge in [-0.25, -0.2) is 8.42 Å². The first-order valence-corrected chi connectivity index (χ1v) is 7.96. The topological polar surface area (TPSA) is 77.2 Å². The molecule has 4 nitrogen and oxygen atoms in total. The minimum atomic E-state index is -3.28. The zero-order chi connectivity index (χ0) is 14.9. The zero-order valence-corrected chi connectivity index (χ0v) is 12.2. The molecule has 0 aromatic heterocycles. The van der Waals surface area contributed by atoms with Crippen molar-refractivity contribution >= 4 is 32.9 Å². The molecule has 2 aromatic rings. The number of rotatable bonds is 3. The van der Waals surface area contributed by atoms with E-state index in [1.54, 1.807) is 12.1 Å². The van der Waals surface area contributed by atoms with Crippen LogP contribution < -0.4 is 5.73 Å². The lowest BCUT2D eigenvalue weighted by Gasteiger charge is -2.06. The Morgan fingerprint density at radius 3 is 2.25 bits per heavy atom. The van der Waals surface area contributed by atoms with Crippen LogP contribution in [0.1, 0.15) is 15.9 Å². The molecule has 0 unspecified atom stereocenters. The van der Waals surface area contributed by atoms with Gasteiger partial charge in [0, 0.05) is 28.1 Å². The fraction of sp³-hybridized carbons (Fsp3) is 0.0714. The normalized spacial score (nSPS) is 11.3. The van der Waals surface area contributed by atoms with Crippen LogP contribution in [0.3, 0.4) is 0 Å². The minimum Gasteiger partial charge on any atom is -0.398 e. The van der Waals surface area contributed by atoms with Crippen molar-refractivity contribution in [1.82, 2.24) is 0 Å². The number of hydrogen-bond acceptors (Lipinski definition) is 4. The van der Waals surface area contributed by atoms with Crippen LogP contribution in [0.25, 0.3) is 0 Å². The molecular formula is C14H12ClNO3S. The minimum absolute atomic E-state index is 0.160. The number of hydrogen-bond donors (Lipinski definition) is 1. The van der Waals surface area contributed by atoms with Crippen molar-refractivity contribution in [3.05, 3.63) is 58.6 Å². The number of halogens is 1. The highest BCUT2D eigenvalue weighted by atomic mass is 35.5. The van der Waals surface area contributed by atoms with Crippen LogP contribution >= 0.6 is 11.6 Å². The maximum atomic E-state index is 12.3. The molecule has 20 heavy (non-hydrogen) atoms. The van der Waals surface area contributed by atoms with E-state index in [0.717, 1.165) is 6.26 Å². The Labute approximate surface area is 122 Å². The monoisotopic (exact) mass is 309 g/mol. The molecule has 2 N–H and O–H groups in total. The van der Waals surface area contributed by atoms with E-state index in [0.29, 0.717) is 21.8 Å². The molecule has 6 heteroatoms. The number of carbonyl (C=O) groups is 1. The summed E-state index contributed by atoms with van der Waals surface area (Å²) in [4.78, 5) is 12.5. The number of carbonyl (C=O) groups excluding carboxylic acids is 1. The van der Waals surface area contributed by atoms with Gasteiger partial charge in [-0.3, -0.25) is 4.79 Å². The van der Waals surface area contributed by atoms with Crippen molar-refractivity contribution < 1.29 is 13.2 Å². The van der Waals surface area contributed by atoms with E-state index in [-0.39, 0.29) is 10.7 Å². The second-order valence-electron chi connectivity index (χ2n) is 4.36. The first kappa shape index (κ1) is 14.6.